The Labute approximate surface area is 100 Å². The summed E-state index contributed by atoms with van der Waals surface area (Å²) >= 11 is 0. The van der Waals surface area contributed by atoms with Gasteiger partial charge in [-0.25, -0.2) is 0 Å². The van der Waals surface area contributed by atoms with Gasteiger partial charge >= 0.3 is 0 Å². The van der Waals surface area contributed by atoms with Crippen LogP contribution in [0.15, 0.2) is 0 Å². The van der Waals surface area contributed by atoms with Crippen molar-refractivity contribution in [2.45, 2.75) is 46.0 Å². The Bertz CT molecular complexity index is 177. The van der Waals surface area contributed by atoms with Crippen LogP contribution < -0.4 is 0 Å². The van der Waals surface area contributed by atoms with Gasteiger partial charge in [-0.05, 0) is 19.4 Å². The molecule has 0 aromatic carbocycles. The smallest absolute Gasteiger partial charge is 0.0635 e. The summed E-state index contributed by atoms with van der Waals surface area (Å²) in [6.07, 6.45) is 5.37. The number of nitrogens with zero attached hydrogens (tertiary/aromatic N) is 2. The Morgan fingerprint density at radius 2 is 1.75 bits per heavy atom. The van der Waals surface area contributed by atoms with Crippen LogP contribution in [0, 0.1) is 11.3 Å². The molecule has 0 spiro atoms. The summed E-state index contributed by atoms with van der Waals surface area (Å²) in [4.78, 5) is 2.33. The zero-order valence-electron chi connectivity index (χ0n) is 10.9. The average Bonchev–Trinajstić information content (AvgIpc) is 2.31. The zero-order chi connectivity index (χ0) is 12.1. The van der Waals surface area contributed by atoms with Gasteiger partial charge in [0.1, 0.15) is 0 Å². The Hall–Kier alpha value is -0.590. The molecule has 0 bridgehead atoms. The van der Waals surface area contributed by atoms with Gasteiger partial charge in [-0.1, -0.05) is 26.7 Å². The number of rotatable bonds is 11. The predicted octanol–water partition coefficient (Wildman–Crippen LogP) is 2.82. The summed E-state index contributed by atoms with van der Waals surface area (Å²) in [5.41, 5.74) is 0. The first-order chi connectivity index (χ1) is 7.85. The highest BCUT2D eigenvalue weighted by Crippen LogP contribution is 1.97. The fraction of sp³-hybridized carbons (Fsp3) is 0.923. The minimum Gasteiger partial charge on any atom is -0.380 e. The van der Waals surface area contributed by atoms with Crippen LogP contribution in [-0.2, 0) is 4.74 Å². The molecule has 94 valence electrons. The van der Waals surface area contributed by atoms with Gasteiger partial charge in [0.05, 0.1) is 12.7 Å². The molecule has 0 saturated heterocycles. The van der Waals surface area contributed by atoms with Gasteiger partial charge in [-0.3, -0.25) is 0 Å². The molecule has 0 aromatic rings. The lowest BCUT2D eigenvalue weighted by Crippen LogP contribution is -2.29. The van der Waals surface area contributed by atoms with Crippen LogP contribution in [0.3, 0.4) is 0 Å². The Kier molecular flexibility index (Phi) is 12.0. The van der Waals surface area contributed by atoms with Crippen molar-refractivity contribution in [3.63, 3.8) is 0 Å². The van der Waals surface area contributed by atoms with Gasteiger partial charge in [0.25, 0.3) is 0 Å². The highest BCUT2D eigenvalue weighted by atomic mass is 16.5. The van der Waals surface area contributed by atoms with Crippen molar-refractivity contribution in [3.05, 3.63) is 0 Å². The van der Waals surface area contributed by atoms with Crippen LogP contribution in [0.2, 0.25) is 0 Å². The van der Waals surface area contributed by atoms with Crippen LogP contribution in [0.1, 0.15) is 46.0 Å². The third kappa shape index (κ3) is 9.95. The van der Waals surface area contributed by atoms with Crippen LogP contribution in [0.25, 0.3) is 0 Å². The van der Waals surface area contributed by atoms with E-state index in [1.54, 1.807) is 0 Å². The lowest BCUT2D eigenvalue weighted by molar-refractivity contribution is 0.102. The monoisotopic (exact) mass is 226 g/mol. The maximum atomic E-state index is 8.57. The third-order valence-electron chi connectivity index (χ3n) is 2.56. The largest absolute Gasteiger partial charge is 0.380 e. The van der Waals surface area contributed by atoms with Gasteiger partial charge in [-0.15, -0.1) is 0 Å². The first-order valence-corrected chi connectivity index (χ1v) is 6.52. The standard InChI is InChI=1S/C13H26N2O/c1-3-5-9-15(10-7-8-14)11-13-16-12-6-4-2/h3-7,9-13H2,1-2H3. The summed E-state index contributed by atoms with van der Waals surface area (Å²) < 4.78 is 5.54. The van der Waals surface area contributed by atoms with E-state index in [2.05, 4.69) is 24.8 Å². The number of ether oxygens (including phenoxy) is 1. The van der Waals surface area contributed by atoms with E-state index in [1.807, 2.05) is 0 Å². The van der Waals surface area contributed by atoms with Crippen molar-refractivity contribution in [1.29, 1.82) is 5.26 Å². The summed E-state index contributed by atoms with van der Waals surface area (Å²) in [5.74, 6) is 0. The molecule has 16 heavy (non-hydrogen) atoms. The van der Waals surface area contributed by atoms with E-state index in [4.69, 9.17) is 10.00 Å². The number of nitriles is 1. The maximum absolute atomic E-state index is 8.57. The van der Waals surface area contributed by atoms with Crippen molar-refractivity contribution in [2.24, 2.45) is 0 Å². The fourth-order valence-corrected chi connectivity index (χ4v) is 1.47. The molecule has 0 amide bonds. The second kappa shape index (κ2) is 12.5. The van der Waals surface area contributed by atoms with Crippen LogP contribution in [0.5, 0.6) is 0 Å². The van der Waals surface area contributed by atoms with Gasteiger partial charge in [0.15, 0.2) is 0 Å². The molecule has 0 aliphatic carbocycles. The molecular weight excluding hydrogens is 200 g/mol. The molecule has 0 heterocycles. The maximum Gasteiger partial charge on any atom is 0.0635 e. The fourth-order valence-electron chi connectivity index (χ4n) is 1.47. The van der Waals surface area contributed by atoms with E-state index in [9.17, 15) is 0 Å². The minimum absolute atomic E-state index is 0.624. The molecule has 0 N–H and O–H groups in total. The molecule has 0 rings (SSSR count). The number of unbranched alkanes of at least 4 members (excludes halogenated alkanes) is 2. The molecule has 0 saturated carbocycles. The third-order valence-corrected chi connectivity index (χ3v) is 2.56. The van der Waals surface area contributed by atoms with Crippen molar-refractivity contribution < 1.29 is 4.74 Å². The molecule has 0 aliphatic rings. The summed E-state index contributed by atoms with van der Waals surface area (Å²) in [6.45, 7) is 8.98. The average molecular weight is 226 g/mol. The minimum atomic E-state index is 0.624. The Morgan fingerprint density at radius 3 is 2.38 bits per heavy atom. The van der Waals surface area contributed by atoms with Gasteiger partial charge in [0, 0.05) is 26.1 Å². The normalized spacial score (nSPS) is 10.6. The molecule has 3 heteroatoms. The van der Waals surface area contributed by atoms with E-state index in [0.717, 1.165) is 39.3 Å². The van der Waals surface area contributed by atoms with E-state index in [0.29, 0.717) is 6.42 Å². The van der Waals surface area contributed by atoms with Crippen molar-refractivity contribution >= 4 is 0 Å². The van der Waals surface area contributed by atoms with Gasteiger partial charge in [0.2, 0.25) is 0 Å². The molecule has 0 radical (unpaired) electrons. The molecular formula is C13H26N2O. The Balaban J connectivity index is 3.53. The van der Waals surface area contributed by atoms with Crippen molar-refractivity contribution in [1.82, 2.24) is 4.90 Å². The highest BCUT2D eigenvalue weighted by molar-refractivity contribution is 4.72. The molecule has 0 aromatic heterocycles. The van der Waals surface area contributed by atoms with Crippen molar-refractivity contribution in [2.75, 3.05) is 32.8 Å². The lowest BCUT2D eigenvalue weighted by atomic mass is 10.3. The molecule has 0 fully saturated rings. The zero-order valence-corrected chi connectivity index (χ0v) is 10.9. The van der Waals surface area contributed by atoms with Crippen molar-refractivity contribution in [3.8, 4) is 6.07 Å². The topological polar surface area (TPSA) is 36.3 Å². The molecule has 0 aliphatic heterocycles. The van der Waals surface area contributed by atoms with Crippen LogP contribution in [0.4, 0.5) is 0 Å². The van der Waals surface area contributed by atoms with Crippen LogP contribution >= 0.6 is 0 Å². The second-order valence-electron chi connectivity index (χ2n) is 4.07. The summed E-state index contributed by atoms with van der Waals surface area (Å²) in [7, 11) is 0. The van der Waals surface area contributed by atoms with Gasteiger partial charge in [-0.2, -0.15) is 5.26 Å². The first-order valence-electron chi connectivity index (χ1n) is 6.52. The van der Waals surface area contributed by atoms with E-state index >= 15 is 0 Å². The SMILES string of the molecule is CCCCOCCN(CCC#N)CCCC. The van der Waals surface area contributed by atoms with E-state index in [1.165, 1.54) is 19.3 Å². The molecule has 0 atom stereocenters. The second-order valence-corrected chi connectivity index (χ2v) is 4.07. The molecule has 3 nitrogen and oxygen atoms in total. The summed E-state index contributed by atoms with van der Waals surface area (Å²) in [5, 5.41) is 8.57. The van der Waals surface area contributed by atoms with Crippen LogP contribution in [-0.4, -0.2) is 37.7 Å². The van der Waals surface area contributed by atoms with E-state index in [-0.39, 0.29) is 0 Å². The van der Waals surface area contributed by atoms with E-state index < -0.39 is 0 Å². The molecule has 0 unspecified atom stereocenters. The lowest BCUT2D eigenvalue weighted by Gasteiger charge is -2.20. The Morgan fingerprint density at radius 1 is 1.00 bits per heavy atom. The predicted molar refractivity (Wildman–Crippen MR) is 67.3 cm³/mol. The van der Waals surface area contributed by atoms with Gasteiger partial charge < -0.3 is 9.64 Å². The quantitative estimate of drug-likeness (QED) is 0.508. The highest BCUT2D eigenvalue weighted by Gasteiger charge is 2.03. The number of hydrogen-bond donors (Lipinski definition) is 0. The first kappa shape index (κ1) is 15.4. The summed E-state index contributed by atoms with van der Waals surface area (Å²) in [6, 6.07) is 2.20. The number of hydrogen-bond acceptors (Lipinski definition) is 3.